The van der Waals surface area contributed by atoms with Crippen LogP contribution in [0.3, 0.4) is 0 Å². The van der Waals surface area contributed by atoms with Crippen molar-refractivity contribution in [3.05, 3.63) is 0 Å². The summed E-state index contributed by atoms with van der Waals surface area (Å²) in [7, 11) is -9.88. The predicted octanol–water partition coefficient (Wildman–Crippen LogP) is 18.4. The minimum absolute atomic E-state index is 0.102. The number of rotatable bonds is 65. The van der Waals surface area contributed by atoms with Crippen LogP contribution in [0.4, 0.5) is 0 Å². The Kier molecular flexibility index (Phi) is 57.1. The van der Waals surface area contributed by atoms with Crippen LogP contribution in [-0.4, -0.2) is 96.7 Å². The molecule has 0 aromatic rings. The molecule has 504 valence electrons. The highest BCUT2D eigenvalue weighted by molar-refractivity contribution is 7.47. The minimum atomic E-state index is -4.95. The monoisotopic (exact) mass is 1250 g/mol. The van der Waals surface area contributed by atoms with Gasteiger partial charge in [0, 0.05) is 25.7 Å². The van der Waals surface area contributed by atoms with Crippen LogP contribution in [-0.2, 0) is 65.4 Å². The minimum Gasteiger partial charge on any atom is -0.462 e. The van der Waals surface area contributed by atoms with Gasteiger partial charge in [-0.25, -0.2) is 9.13 Å². The molecule has 0 fully saturated rings. The number of phosphoric ester groups is 2. The Balaban J connectivity index is 5.19. The van der Waals surface area contributed by atoms with Crippen molar-refractivity contribution in [1.29, 1.82) is 0 Å². The number of hydrogen-bond donors (Lipinski definition) is 3. The first-order valence-electron chi connectivity index (χ1n) is 34.5. The van der Waals surface area contributed by atoms with E-state index in [9.17, 15) is 43.2 Å². The third-order valence-corrected chi connectivity index (χ3v) is 17.1. The van der Waals surface area contributed by atoms with Gasteiger partial charge in [-0.05, 0) is 37.5 Å². The van der Waals surface area contributed by atoms with Crippen LogP contribution >= 0.6 is 15.6 Å². The summed E-state index contributed by atoms with van der Waals surface area (Å²) in [4.78, 5) is 72.2. The Bertz CT molecular complexity index is 1670. The second kappa shape index (κ2) is 58.4. The molecule has 0 amide bonds. The maximum Gasteiger partial charge on any atom is 0.472 e. The van der Waals surface area contributed by atoms with E-state index in [2.05, 4.69) is 41.5 Å². The fraction of sp³-hybridized carbons (Fsp3) is 0.939. The van der Waals surface area contributed by atoms with Crippen LogP contribution in [0.1, 0.15) is 330 Å². The summed E-state index contributed by atoms with van der Waals surface area (Å²) in [5.74, 6) is -0.673. The van der Waals surface area contributed by atoms with E-state index in [0.29, 0.717) is 31.6 Å². The Labute approximate surface area is 517 Å². The van der Waals surface area contributed by atoms with Crippen LogP contribution in [0.15, 0.2) is 0 Å². The number of aliphatic hydroxyl groups is 1. The molecular weight excluding hydrogens is 1130 g/mol. The molecular formula is C66H128O17P2. The maximum absolute atomic E-state index is 13.0. The van der Waals surface area contributed by atoms with E-state index >= 15 is 0 Å². The molecule has 0 aromatic heterocycles. The van der Waals surface area contributed by atoms with E-state index in [-0.39, 0.29) is 25.7 Å². The van der Waals surface area contributed by atoms with Crippen molar-refractivity contribution >= 4 is 39.5 Å². The fourth-order valence-electron chi connectivity index (χ4n) is 9.88. The van der Waals surface area contributed by atoms with Crippen molar-refractivity contribution in [1.82, 2.24) is 0 Å². The largest absolute Gasteiger partial charge is 0.472 e. The van der Waals surface area contributed by atoms with Gasteiger partial charge in [0.1, 0.15) is 19.3 Å². The van der Waals surface area contributed by atoms with Gasteiger partial charge < -0.3 is 33.8 Å². The quantitative estimate of drug-likeness (QED) is 0.0222. The van der Waals surface area contributed by atoms with E-state index < -0.39 is 97.5 Å². The lowest BCUT2D eigenvalue weighted by Gasteiger charge is -2.21. The molecule has 3 N–H and O–H groups in total. The Hall–Kier alpha value is -1.94. The molecule has 0 aliphatic heterocycles. The van der Waals surface area contributed by atoms with E-state index in [1.54, 1.807) is 0 Å². The molecule has 5 atom stereocenters. The lowest BCUT2D eigenvalue weighted by atomic mass is 10.0. The van der Waals surface area contributed by atoms with Crippen molar-refractivity contribution in [2.75, 3.05) is 39.6 Å². The highest BCUT2D eigenvalue weighted by Gasteiger charge is 2.30. The first-order valence-corrected chi connectivity index (χ1v) is 37.5. The number of carbonyl (C=O) groups excluding carboxylic acids is 4. The number of ether oxygens (including phenoxy) is 4. The predicted molar refractivity (Wildman–Crippen MR) is 340 cm³/mol. The normalized spacial score (nSPS) is 14.2. The molecule has 0 aliphatic rings. The fourth-order valence-corrected chi connectivity index (χ4v) is 11.5. The molecule has 0 bridgehead atoms. The second-order valence-corrected chi connectivity index (χ2v) is 27.7. The molecule has 2 unspecified atom stereocenters. The van der Waals surface area contributed by atoms with Crippen LogP contribution in [0.2, 0.25) is 0 Å². The van der Waals surface area contributed by atoms with Gasteiger partial charge in [-0.2, -0.15) is 0 Å². The van der Waals surface area contributed by atoms with Gasteiger partial charge in [-0.3, -0.25) is 37.3 Å². The number of phosphoric acid groups is 2. The topological polar surface area (TPSA) is 237 Å². The van der Waals surface area contributed by atoms with Crippen LogP contribution in [0.5, 0.6) is 0 Å². The third kappa shape index (κ3) is 60.7. The Morgan fingerprint density at radius 1 is 0.318 bits per heavy atom. The summed E-state index contributed by atoms with van der Waals surface area (Å²) in [5.41, 5.74) is 0. The molecule has 19 heteroatoms. The van der Waals surface area contributed by atoms with Gasteiger partial charge >= 0.3 is 39.5 Å². The van der Waals surface area contributed by atoms with Crippen molar-refractivity contribution in [3.8, 4) is 0 Å². The molecule has 17 nitrogen and oxygen atoms in total. The molecule has 0 aromatic carbocycles. The number of hydrogen-bond acceptors (Lipinski definition) is 15. The SMILES string of the molecule is CCCCCCCCCCCCCCC(=O)OC[C@H](COP(=O)(O)OC[C@@H](O)COP(=O)(O)OC[C@@H](COC(=O)CCCCCCCCC)OC(=O)CCCCCCCCC(C)C)OC(=O)CCCCCCCCCCCCCCCCC(C)C. The zero-order valence-corrected chi connectivity index (χ0v) is 56.7. The number of carbonyl (C=O) groups is 4. The molecule has 0 rings (SSSR count). The van der Waals surface area contributed by atoms with Crippen LogP contribution in [0.25, 0.3) is 0 Å². The van der Waals surface area contributed by atoms with Crippen molar-refractivity contribution in [3.63, 3.8) is 0 Å². The van der Waals surface area contributed by atoms with Gasteiger partial charge in [0.05, 0.1) is 26.4 Å². The van der Waals surface area contributed by atoms with Gasteiger partial charge in [0.2, 0.25) is 0 Å². The molecule has 0 saturated heterocycles. The zero-order valence-electron chi connectivity index (χ0n) is 54.9. The van der Waals surface area contributed by atoms with E-state index in [4.69, 9.17) is 37.0 Å². The average Bonchev–Trinajstić information content (AvgIpc) is 3.50. The van der Waals surface area contributed by atoms with Crippen molar-refractivity contribution in [2.24, 2.45) is 11.8 Å². The van der Waals surface area contributed by atoms with Crippen molar-refractivity contribution < 1.29 is 80.2 Å². The first kappa shape index (κ1) is 83.1. The summed E-state index contributed by atoms with van der Waals surface area (Å²) in [5, 5.41) is 10.5. The lowest BCUT2D eigenvalue weighted by Crippen LogP contribution is -2.30. The standard InChI is InChI=1S/C66H128O17P2/c1-7-9-11-13-15-16-17-23-26-30-37-43-49-64(69)77-55-61(82-65(70)50-44-38-31-27-24-21-19-18-20-22-25-29-34-40-46-58(3)4)56-80-84(72,73)78-52-60(67)53-79-85(74,75)81-57-62(54-76-63(68)48-42-36-28-14-12-10-8-2)83-66(71)51-45-39-33-32-35-41-47-59(5)6/h58-62,67H,7-57H2,1-6H3,(H,72,73)(H,74,75)/t60-,61-,62-/m1/s1. The van der Waals surface area contributed by atoms with Gasteiger partial charge in [-0.1, -0.05) is 279 Å². The number of unbranched alkanes of at least 4 members (excludes halogenated alkanes) is 35. The van der Waals surface area contributed by atoms with E-state index in [0.717, 1.165) is 109 Å². The third-order valence-electron chi connectivity index (χ3n) is 15.2. The van der Waals surface area contributed by atoms with Crippen LogP contribution < -0.4 is 0 Å². The lowest BCUT2D eigenvalue weighted by molar-refractivity contribution is -0.161. The highest BCUT2D eigenvalue weighted by atomic mass is 31.2. The average molecular weight is 1260 g/mol. The number of esters is 4. The summed E-state index contributed by atoms with van der Waals surface area (Å²) in [6, 6.07) is 0. The second-order valence-electron chi connectivity index (χ2n) is 24.8. The smallest absolute Gasteiger partial charge is 0.462 e. The highest BCUT2D eigenvalue weighted by Crippen LogP contribution is 2.45. The summed E-state index contributed by atoms with van der Waals surface area (Å²) >= 11 is 0. The van der Waals surface area contributed by atoms with Crippen molar-refractivity contribution in [2.45, 2.75) is 349 Å². The molecule has 0 heterocycles. The van der Waals surface area contributed by atoms with E-state index in [1.807, 2.05) is 0 Å². The zero-order chi connectivity index (χ0) is 62.9. The Morgan fingerprint density at radius 2 is 0.541 bits per heavy atom. The van der Waals surface area contributed by atoms with Gasteiger partial charge in [-0.15, -0.1) is 0 Å². The molecule has 0 radical (unpaired) electrons. The van der Waals surface area contributed by atoms with Gasteiger partial charge in [0.25, 0.3) is 0 Å². The molecule has 0 aliphatic carbocycles. The summed E-state index contributed by atoms with van der Waals surface area (Å²) in [6.07, 6.45) is 42.0. The van der Waals surface area contributed by atoms with Crippen LogP contribution in [0, 0.1) is 11.8 Å². The molecule has 85 heavy (non-hydrogen) atoms. The summed E-state index contributed by atoms with van der Waals surface area (Å²) < 4.78 is 68.0. The number of aliphatic hydroxyl groups excluding tert-OH is 1. The first-order chi connectivity index (χ1) is 40.9. The molecule has 0 spiro atoms. The maximum atomic E-state index is 13.0. The van der Waals surface area contributed by atoms with E-state index in [1.165, 1.54) is 135 Å². The van der Waals surface area contributed by atoms with Gasteiger partial charge in [0.15, 0.2) is 12.2 Å². The summed E-state index contributed by atoms with van der Waals surface area (Å²) in [6.45, 7) is 9.40. The Morgan fingerprint density at radius 3 is 0.800 bits per heavy atom. The molecule has 0 saturated carbocycles.